The molecule has 0 saturated heterocycles. The van der Waals surface area contributed by atoms with E-state index < -0.39 is 10.0 Å². The molecule has 5 nitrogen and oxygen atoms in total. The molecule has 0 spiro atoms. The SMILES string of the molecule is Cc1ccc(CN(CCC(=O)N2CCCc3ccccc32)S(C)(=O)=O)cc1. The van der Waals surface area contributed by atoms with Crippen LogP contribution in [0.4, 0.5) is 5.69 Å². The number of benzene rings is 2. The van der Waals surface area contributed by atoms with Gasteiger partial charge >= 0.3 is 0 Å². The monoisotopic (exact) mass is 386 g/mol. The number of fused-ring (bicyclic) bond motifs is 1. The zero-order valence-corrected chi connectivity index (χ0v) is 16.7. The molecule has 0 aliphatic carbocycles. The first-order chi connectivity index (χ1) is 12.8. The number of para-hydroxylation sites is 1. The van der Waals surface area contributed by atoms with Crippen LogP contribution >= 0.6 is 0 Å². The molecule has 144 valence electrons. The second-order valence-corrected chi connectivity index (χ2v) is 9.09. The summed E-state index contributed by atoms with van der Waals surface area (Å²) in [4.78, 5) is 14.6. The van der Waals surface area contributed by atoms with E-state index in [0.717, 1.165) is 29.7 Å². The van der Waals surface area contributed by atoms with Crippen LogP contribution in [-0.2, 0) is 27.8 Å². The Labute approximate surface area is 161 Å². The zero-order valence-electron chi connectivity index (χ0n) is 15.9. The summed E-state index contributed by atoms with van der Waals surface area (Å²) in [7, 11) is -3.40. The lowest BCUT2D eigenvalue weighted by atomic mass is 10.0. The lowest BCUT2D eigenvalue weighted by molar-refractivity contribution is -0.118. The summed E-state index contributed by atoms with van der Waals surface area (Å²) in [6.07, 6.45) is 3.28. The number of rotatable bonds is 6. The molecule has 6 heteroatoms. The first kappa shape index (κ1) is 19.6. The van der Waals surface area contributed by atoms with Crippen LogP contribution < -0.4 is 4.90 Å². The Morgan fingerprint density at radius 2 is 1.81 bits per heavy atom. The minimum absolute atomic E-state index is 0.0280. The standard InChI is InChI=1S/C21H26N2O3S/c1-17-9-11-18(12-10-17)16-22(27(2,25)26)15-13-21(24)23-14-5-7-19-6-3-4-8-20(19)23/h3-4,6,8-12H,5,7,13-16H2,1-2H3. The van der Waals surface area contributed by atoms with Gasteiger partial charge in [-0.25, -0.2) is 8.42 Å². The second-order valence-electron chi connectivity index (χ2n) is 7.11. The van der Waals surface area contributed by atoms with Crippen molar-refractivity contribution in [2.24, 2.45) is 0 Å². The summed E-state index contributed by atoms with van der Waals surface area (Å²) in [6, 6.07) is 15.7. The molecule has 2 aromatic carbocycles. The minimum atomic E-state index is -3.40. The molecule has 1 aliphatic heterocycles. The van der Waals surface area contributed by atoms with E-state index in [4.69, 9.17) is 0 Å². The molecule has 27 heavy (non-hydrogen) atoms. The number of aryl methyl sites for hydroxylation is 2. The first-order valence-corrected chi connectivity index (χ1v) is 11.1. The summed E-state index contributed by atoms with van der Waals surface area (Å²) in [5, 5.41) is 0. The highest BCUT2D eigenvalue weighted by Gasteiger charge is 2.24. The summed E-state index contributed by atoms with van der Waals surface area (Å²) in [6.45, 7) is 3.15. The van der Waals surface area contributed by atoms with Gasteiger partial charge in [0.1, 0.15) is 0 Å². The van der Waals surface area contributed by atoms with Crippen LogP contribution in [0.1, 0.15) is 29.5 Å². The summed E-state index contributed by atoms with van der Waals surface area (Å²) >= 11 is 0. The van der Waals surface area contributed by atoms with Crippen molar-refractivity contribution in [3.8, 4) is 0 Å². The lowest BCUT2D eigenvalue weighted by Crippen LogP contribution is -2.38. The molecular weight excluding hydrogens is 360 g/mol. The largest absolute Gasteiger partial charge is 0.312 e. The fraction of sp³-hybridized carbons (Fsp3) is 0.381. The van der Waals surface area contributed by atoms with Crippen molar-refractivity contribution in [2.75, 3.05) is 24.2 Å². The minimum Gasteiger partial charge on any atom is -0.312 e. The summed E-state index contributed by atoms with van der Waals surface area (Å²) in [5.74, 6) is -0.0280. The maximum absolute atomic E-state index is 12.8. The molecule has 0 radical (unpaired) electrons. The third kappa shape index (κ3) is 4.96. The van der Waals surface area contributed by atoms with Gasteiger partial charge in [-0.15, -0.1) is 0 Å². The highest BCUT2D eigenvalue weighted by Crippen LogP contribution is 2.27. The van der Waals surface area contributed by atoms with Crippen LogP contribution in [0.25, 0.3) is 0 Å². The number of amides is 1. The second kappa shape index (κ2) is 8.23. The molecule has 3 rings (SSSR count). The van der Waals surface area contributed by atoms with Crippen molar-refractivity contribution in [3.05, 3.63) is 65.2 Å². The molecule has 1 aliphatic rings. The van der Waals surface area contributed by atoms with E-state index in [1.54, 1.807) is 4.90 Å². The molecule has 0 fully saturated rings. The predicted octanol–water partition coefficient (Wildman–Crippen LogP) is 3.13. The topological polar surface area (TPSA) is 57.7 Å². The lowest BCUT2D eigenvalue weighted by Gasteiger charge is -2.30. The molecule has 2 aromatic rings. The third-order valence-electron chi connectivity index (χ3n) is 4.93. The van der Waals surface area contributed by atoms with Gasteiger partial charge in [-0.1, -0.05) is 48.0 Å². The van der Waals surface area contributed by atoms with E-state index >= 15 is 0 Å². The van der Waals surface area contributed by atoms with Gasteiger partial charge in [0.25, 0.3) is 0 Å². The summed E-state index contributed by atoms with van der Waals surface area (Å²) < 4.78 is 25.8. The molecule has 1 heterocycles. The number of hydrogen-bond donors (Lipinski definition) is 0. The Morgan fingerprint density at radius 1 is 1.11 bits per heavy atom. The zero-order chi connectivity index (χ0) is 19.4. The van der Waals surface area contributed by atoms with E-state index in [1.165, 1.54) is 16.1 Å². The van der Waals surface area contributed by atoms with Crippen LogP contribution in [0, 0.1) is 6.92 Å². The van der Waals surface area contributed by atoms with E-state index in [-0.39, 0.29) is 25.4 Å². The van der Waals surface area contributed by atoms with Crippen molar-refractivity contribution < 1.29 is 13.2 Å². The van der Waals surface area contributed by atoms with E-state index in [2.05, 4.69) is 6.07 Å². The number of carbonyl (C=O) groups is 1. The van der Waals surface area contributed by atoms with Crippen LogP contribution in [0.5, 0.6) is 0 Å². The number of sulfonamides is 1. The van der Waals surface area contributed by atoms with E-state index in [9.17, 15) is 13.2 Å². The van der Waals surface area contributed by atoms with Crippen molar-refractivity contribution in [2.45, 2.75) is 32.7 Å². The van der Waals surface area contributed by atoms with Gasteiger partial charge in [0.2, 0.25) is 15.9 Å². The average molecular weight is 387 g/mol. The van der Waals surface area contributed by atoms with Gasteiger partial charge < -0.3 is 4.90 Å². The van der Waals surface area contributed by atoms with Gasteiger partial charge in [-0.3, -0.25) is 4.79 Å². The Bertz CT molecular complexity index is 907. The van der Waals surface area contributed by atoms with Gasteiger partial charge in [-0.2, -0.15) is 4.31 Å². The molecule has 0 atom stereocenters. The highest BCUT2D eigenvalue weighted by molar-refractivity contribution is 7.88. The molecule has 0 aromatic heterocycles. The van der Waals surface area contributed by atoms with Crippen LogP contribution in [-0.4, -0.2) is 38.0 Å². The highest BCUT2D eigenvalue weighted by atomic mass is 32.2. The normalized spacial score (nSPS) is 14.3. The molecule has 0 bridgehead atoms. The molecule has 0 unspecified atom stereocenters. The van der Waals surface area contributed by atoms with Crippen LogP contribution in [0.2, 0.25) is 0 Å². The Balaban J connectivity index is 1.69. The smallest absolute Gasteiger partial charge is 0.228 e. The first-order valence-electron chi connectivity index (χ1n) is 9.23. The quantitative estimate of drug-likeness (QED) is 0.766. The number of carbonyl (C=O) groups excluding carboxylic acids is 1. The average Bonchev–Trinajstić information content (AvgIpc) is 2.65. The van der Waals surface area contributed by atoms with Crippen molar-refractivity contribution in [1.82, 2.24) is 4.31 Å². The van der Waals surface area contributed by atoms with E-state index in [0.29, 0.717) is 6.54 Å². The maximum Gasteiger partial charge on any atom is 0.228 e. The van der Waals surface area contributed by atoms with Crippen molar-refractivity contribution in [1.29, 1.82) is 0 Å². The Hall–Kier alpha value is -2.18. The molecule has 0 N–H and O–H groups in total. The number of nitrogens with zero attached hydrogens (tertiary/aromatic N) is 2. The summed E-state index contributed by atoms with van der Waals surface area (Å²) in [5.41, 5.74) is 4.18. The van der Waals surface area contributed by atoms with Crippen molar-refractivity contribution >= 4 is 21.6 Å². The van der Waals surface area contributed by atoms with Crippen molar-refractivity contribution in [3.63, 3.8) is 0 Å². The Kier molecular flexibility index (Phi) is 5.97. The molecular formula is C21H26N2O3S. The number of hydrogen-bond acceptors (Lipinski definition) is 3. The Morgan fingerprint density at radius 3 is 2.52 bits per heavy atom. The molecule has 0 saturated carbocycles. The fourth-order valence-corrected chi connectivity index (χ4v) is 4.21. The fourth-order valence-electron chi connectivity index (χ4n) is 3.41. The van der Waals surface area contributed by atoms with Gasteiger partial charge in [0.15, 0.2) is 0 Å². The molecule has 1 amide bonds. The maximum atomic E-state index is 12.8. The number of anilines is 1. The third-order valence-corrected chi connectivity index (χ3v) is 6.18. The van der Waals surface area contributed by atoms with E-state index in [1.807, 2.05) is 49.4 Å². The van der Waals surface area contributed by atoms with Gasteiger partial charge in [-0.05, 0) is 37.0 Å². The predicted molar refractivity (Wildman–Crippen MR) is 108 cm³/mol. The van der Waals surface area contributed by atoms with Crippen LogP contribution in [0.3, 0.4) is 0 Å². The van der Waals surface area contributed by atoms with Gasteiger partial charge in [0, 0.05) is 31.7 Å². The van der Waals surface area contributed by atoms with Crippen LogP contribution in [0.15, 0.2) is 48.5 Å². The van der Waals surface area contributed by atoms with Gasteiger partial charge in [0.05, 0.1) is 6.26 Å².